The highest BCUT2D eigenvalue weighted by atomic mass is 35.5. The SMILES string of the molecule is CCc1cc2c(c(C(=O)CCl)c1)NC(=O)CC2. The van der Waals surface area contributed by atoms with Crippen molar-refractivity contribution >= 4 is 29.0 Å². The van der Waals surface area contributed by atoms with Crippen molar-refractivity contribution in [3.63, 3.8) is 0 Å². The molecule has 4 heteroatoms. The molecule has 3 nitrogen and oxygen atoms in total. The van der Waals surface area contributed by atoms with Crippen molar-refractivity contribution in [1.29, 1.82) is 0 Å². The summed E-state index contributed by atoms with van der Waals surface area (Å²) in [5, 5.41) is 2.78. The fourth-order valence-electron chi connectivity index (χ4n) is 2.06. The van der Waals surface area contributed by atoms with Crippen LogP contribution in [0.15, 0.2) is 12.1 Å². The molecule has 0 unspecified atom stereocenters. The number of amides is 1. The van der Waals surface area contributed by atoms with Crippen LogP contribution >= 0.6 is 11.6 Å². The first-order valence-corrected chi connectivity index (χ1v) is 6.24. The molecule has 0 atom stereocenters. The summed E-state index contributed by atoms with van der Waals surface area (Å²) in [5.41, 5.74) is 3.34. The molecule has 0 saturated heterocycles. The molecule has 0 spiro atoms. The molecule has 2 rings (SSSR count). The maximum Gasteiger partial charge on any atom is 0.224 e. The Kier molecular flexibility index (Phi) is 3.48. The first kappa shape index (κ1) is 12.1. The van der Waals surface area contributed by atoms with E-state index in [1.807, 2.05) is 13.0 Å². The van der Waals surface area contributed by atoms with E-state index >= 15 is 0 Å². The monoisotopic (exact) mass is 251 g/mol. The standard InChI is InChI=1S/C13H14ClNO2/c1-2-8-5-9-3-4-12(17)15-13(9)10(6-8)11(16)7-14/h5-6H,2-4,7H2,1H3,(H,15,17). The molecule has 0 aromatic heterocycles. The number of anilines is 1. The number of Topliss-reactive ketones (excluding diaryl/α,β-unsaturated/α-hetero) is 1. The Labute approximate surface area is 105 Å². The van der Waals surface area contributed by atoms with Gasteiger partial charge in [0.1, 0.15) is 0 Å². The van der Waals surface area contributed by atoms with Crippen LogP contribution in [0.5, 0.6) is 0 Å². The molecule has 0 fully saturated rings. The van der Waals surface area contributed by atoms with Crippen LogP contribution in [-0.2, 0) is 17.6 Å². The van der Waals surface area contributed by atoms with Crippen molar-refractivity contribution in [2.45, 2.75) is 26.2 Å². The molecule has 1 N–H and O–H groups in total. The van der Waals surface area contributed by atoms with Crippen LogP contribution in [0.25, 0.3) is 0 Å². The van der Waals surface area contributed by atoms with Crippen molar-refractivity contribution < 1.29 is 9.59 Å². The minimum Gasteiger partial charge on any atom is -0.325 e. The zero-order chi connectivity index (χ0) is 12.4. The Morgan fingerprint density at radius 1 is 1.41 bits per heavy atom. The van der Waals surface area contributed by atoms with Crippen LogP contribution in [0.1, 0.15) is 34.8 Å². The van der Waals surface area contributed by atoms with Gasteiger partial charge in [-0.2, -0.15) is 0 Å². The number of aryl methyl sites for hydroxylation is 2. The molecular formula is C13H14ClNO2. The maximum absolute atomic E-state index is 11.8. The molecule has 0 aliphatic carbocycles. The van der Waals surface area contributed by atoms with Crippen LogP contribution in [0.3, 0.4) is 0 Å². The van der Waals surface area contributed by atoms with E-state index in [4.69, 9.17) is 11.6 Å². The summed E-state index contributed by atoms with van der Waals surface area (Å²) < 4.78 is 0. The number of rotatable bonds is 3. The highest BCUT2D eigenvalue weighted by molar-refractivity contribution is 6.31. The number of fused-ring (bicyclic) bond motifs is 1. The minimum absolute atomic E-state index is 0.0367. The molecule has 1 aromatic rings. The number of hydrogen-bond donors (Lipinski definition) is 1. The van der Waals surface area contributed by atoms with Gasteiger partial charge in [0, 0.05) is 12.0 Å². The van der Waals surface area contributed by atoms with E-state index in [1.165, 1.54) is 0 Å². The Balaban J connectivity index is 2.55. The molecule has 1 heterocycles. The number of alkyl halides is 1. The number of hydrogen-bond acceptors (Lipinski definition) is 2. The topological polar surface area (TPSA) is 46.2 Å². The molecule has 90 valence electrons. The lowest BCUT2D eigenvalue weighted by Gasteiger charge is -2.20. The third-order valence-corrected chi connectivity index (χ3v) is 3.24. The van der Waals surface area contributed by atoms with Crippen LogP contribution in [0.4, 0.5) is 5.69 Å². The van der Waals surface area contributed by atoms with Crippen molar-refractivity contribution in [3.8, 4) is 0 Å². The van der Waals surface area contributed by atoms with E-state index in [0.717, 1.165) is 17.5 Å². The summed E-state index contributed by atoms with van der Waals surface area (Å²) in [6.45, 7) is 2.04. The minimum atomic E-state index is -0.139. The van der Waals surface area contributed by atoms with Crippen molar-refractivity contribution in [1.82, 2.24) is 0 Å². The fourth-order valence-corrected chi connectivity index (χ4v) is 2.20. The first-order chi connectivity index (χ1) is 8.15. The van der Waals surface area contributed by atoms with Crippen molar-refractivity contribution in [2.24, 2.45) is 0 Å². The summed E-state index contributed by atoms with van der Waals surface area (Å²) >= 11 is 5.60. The van der Waals surface area contributed by atoms with Gasteiger partial charge in [-0.3, -0.25) is 9.59 Å². The molecule has 17 heavy (non-hydrogen) atoms. The second kappa shape index (κ2) is 4.88. The lowest BCUT2D eigenvalue weighted by Crippen LogP contribution is -2.22. The van der Waals surface area contributed by atoms with Gasteiger partial charge in [0.2, 0.25) is 5.91 Å². The summed E-state index contributed by atoms with van der Waals surface area (Å²) in [6.07, 6.45) is 2.04. The van der Waals surface area contributed by atoms with E-state index in [0.29, 0.717) is 24.1 Å². The predicted molar refractivity (Wildman–Crippen MR) is 67.8 cm³/mol. The van der Waals surface area contributed by atoms with E-state index in [9.17, 15) is 9.59 Å². The van der Waals surface area contributed by atoms with Crippen LogP contribution < -0.4 is 5.32 Å². The number of ketones is 1. The smallest absolute Gasteiger partial charge is 0.224 e. The third kappa shape index (κ3) is 2.34. The maximum atomic E-state index is 11.8. The number of halogens is 1. The molecular weight excluding hydrogens is 238 g/mol. The summed E-state index contributed by atoms with van der Waals surface area (Å²) in [4.78, 5) is 23.2. The summed E-state index contributed by atoms with van der Waals surface area (Å²) in [7, 11) is 0. The van der Waals surface area contributed by atoms with Gasteiger partial charge in [0.15, 0.2) is 5.78 Å². The molecule has 0 saturated carbocycles. The Bertz CT molecular complexity index is 483. The molecule has 1 aliphatic heterocycles. The second-order valence-electron chi connectivity index (χ2n) is 4.14. The molecule has 0 bridgehead atoms. The average molecular weight is 252 g/mol. The van der Waals surface area contributed by atoms with Gasteiger partial charge in [-0.1, -0.05) is 13.0 Å². The van der Waals surface area contributed by atoms with E-state index in [-0.39, 0.29) is 17.6 Å². The molecule has 1 amide bonds. The predicted octanol–water partition coefficient (Wildman–Crippen LogP) is 2.56. The normalized spacial score (nSPS) is 14.1. The molecule has 0 radical (unpaired) electrons. The Morgan fingerprint density at radius 3 is 2.82 bits per heavy atom. The number of carbonyl (C=O) groups is 2. The van der Waals surface area contributed by atoms with Crippen LogP contribution in [-0.4, -0.2) is 17.6 Å². The lowest BCUT2D eigenvalue weighted by molar-refractivity contribution is -0.116. The van der Waals surface area contributed by atoms with Gasteiger partial charge in [0.25, 0.3) is 0 Å². The van der Waals surface area contributed by atoms with E-state index in [2.05, 4.69) is 11.4 Å². The molecule has 1 aromatic carbocycles. The van der Waals surface area contributed by atoms with Crippen molar-refractivity contribution in [2.75, 3.05) is 11.2 Å². The van der Waals surface area contributed by atoms with Gasteiger partial charge in [-0.25, -0.2) is 0 Å². The largest absolute Gasteiger partial charge is 0.325 e. The first-order valence-electron chi connectivity index (χ1n) is 5.70. The number of nitrogens with one attached hydrogen (secondary N) is 1. The zero-order valence-electron chi connectivity index (χ0n) is 9.68. The quantitative estimate of drug-likeness (QED) is 0.663. The van der Waals surface area contributed by atoms with Crippen LogP contribution in [0.2, 0.25) is 0 Å². The zero-order valence-corrected chi connectivity index (χ0v) is 10.4. The van der Waals surface area contributed by atoms with Gasteiger partial charge in [-0.05, 0) is 30.0 Å². The fraction of sp³-hybridized carbons (Fsp3) is 0.385. The third-order valence-electron chi connectivity index (χ3n) is 3.00. The number of benzene rings is 1. The average Bonchev–Trinajstić information content (AvgIpc) is 2.36. The molecule has 1 aliphatic rings. The highest BCUT2D eigenvalue weighted by Gasteiger charge is 2.21. The number of carbonyl (C=O) groups excluding carboxylic acids is 2. The van der Waals surface area contributed by atoms with E-state index < -0.39 is 0 Å². The lowest BCUT2D eigenvalue weighted by atomic mass is 9.94. The van der Waals surface area contributed by atoms with E-state index in [1.54, 1.807) is 0 Å². The van der Waals surface area contributed by atoms with Crippen LogP contribution in [0, 0.1) is 0 Å². The van der Waals surface area contributed by atoms with Crippen molar-refractivity contribution in [3.05, 3.63) is 28.8 Å². The van der Waals surface area contributed by atoms with Gasteiger partial charge < -0.3 is 5.32 Å². The second-order valence-corrected chi connectivity index (χ2v) is 4.40. The van der Waals surface area contributed by atoms with Gasteiger partial charge >= 0.3 is 0 Å². The summed E-state index contributed by atoms with van der Waals surface area (Å²) in [5.74, 6) is -0.235. The Hall–Kier alpha value is -1.35. The highest BCUT2D eigenvalue weighted by Crippen LogP contribution is 2.29. The van der Waals surface area contributed by atoms with Gasteiger partial charge in [0.05, 0.1) is 11.6 Å². The van der Waals surface area contributed by atoms with Gasteiger partial charge in [-0.15, -0.1) is 11.6 Å². The Morgan fingerprint density at radius 2 is 2.18 bits per heavy atom. The summed E-state index contributed by atoms with van der Waals surface area (Å²) in [6, 6.07) is 3.88.